The molecule has 1 atom stereocenters. The Hall–Kier alpha value is -5.17. The van der Waals surface area contributed by atoms with Crippen LogP contribution < -0.4 is 9.64 Å². The van der Waals surface area contributed by atoms with Gasteiger partial charge in [-0.1, -0.05) is 54.6 Å². The fraction of sp³-hybridized carbons (Fsp3) is 0.0645. The van der Waals surface area contributed by atoms with Crippen molar-refractivity contribution in [2.75, 3.05) is 4.90 Å². The van der Waals surface area contributed by atoms with Gasteiger partial charge in [0.25, 0.3) is 5.91 Å². The predicted octanol–water partition coefficient (Wildman–Crippen LogP) is 6.19. The first kappa shape index (κ1) is 23.2. The quantitative estimate of drug-likeness (QED) is 0.267. The molecule has 1 aliphatic heterocycles. The number of carbonyl (C=O) groups excluding carboxylic acids is 2. The summed E-state index contributed by atoms with van der Waals surface area (Å²) in [5.74, 6) is -1.25. The summed E-state index contributed by atoms with van der Waals surface area (Å²) in [7, 11) is 0. The number of Topliss-reactive ketones (excluding diaryl/α,β-unsaturated/α-hetero) is 1. The summed E-state index contributed by atoms with van der Waals surface area (Å²) in [5.41, 5.74) is 2.41. The van der Waals surface area contributed by atoms with Gasteiger partial charge in [-0.3, -0.25) is 19.5 Å². The molecule has 7 nitrogen and oxygen atoms in total. The lowest BCUT2D eigenvalue weighted by Gasteiger charge is -2.26. The number of furan rings is 1. The molecule has 3 heterocycles. The molecular weight excluding hydrogens is 480 g/mol. The summed E-state index contributed by atoms with van der Waals surface area (Å²) >= 11 is 0. The first-order chi connectivity index (χ1) is 18.6. The number of fused-ring (bicyclic) bond motifs is 1. The lowest BCUT2D eigenvalue weighted by molar-refractivity contribution is -0.117. The van der Waals surface area contributed by atoms with Gasteiger partial charge < -0.3 is 14.3 Å². The van der Waals surface area contributed by atoms with E-state index in [0.717, 1.165) is 10.9 Å². The van der Waals surface area contributed by atoms with Crippen LogP contribution in [0.4, 0.5) is 5.69 Å². The number of rotatable bonds is 7. The van der Waals surface area contributed by atoms with Gasteiger partial charge in [0.15, 0.2) is 11.5 Å². The number of ether oxygens (including phenoxy) is 1. The highest BCUT2D eigenvalue weighted by atomic mass is 16.5. The molecule has 1 aliphatic rings. The lowest BCUT2D eigenvalue weighted by Crippen LogP contribution is -2.31. The Morgan fingerprint density at radius 2 is 1.66 bits per heavy atom. The molecule has 0 spiro atoms. The normalized spacial score (nSPS) is 15.3. The molecule has 0 radical (unpaired) electrons. The largest absolute Gasteiger partial charge is 0.503 e. The van der Waals surface area contributed by atoms with Gasteiger partial charge in [0.1, 0.15) is 24.0 Å². The Bertz CT molecular complexity index is 1620. The lowest BCUT2D eigenvalue weighted by atomic mass is 9.98. The zero-order valence-electron chi connectivity index (χ0n) is 20.2. The van der Waals surface area contributed by atoms with Gasteiger partial charge in [0.2, 0.25) is 5.78 Å². The molecule has 38 heavy (non-hydrogen) atoms. The number of anilines is 1. The number of para-hydroxylation sites is 1. The number of benzene rings is 3. The topological polar surface area (TPSA) is 92.9 Å². The molecule has 0 bridgehead atoms. The number of aliphatic hydroxyl groups excluding tert-OH is 1. The average molecular weight is 503 g/mol. The standard InChI is InChI=1S/C31H22N2O5/c34-29(26-18-21-10-4-5-12-25(21)38-26)27-28(24-11-6-7-17-32-24)33(31(36)30(27)35)22-13-15-23(16-14-22)37-19-20-8-2-1-3-9-20/h1-18,28,35H,19H2. The van der Waals surface area contributed by atoms with Gasteiger partial charge in [-0.15, -0.1) is 0 Å². The van der Waals surface area contributed by atoms with Crippen molar-refractivity contribution in [1.82, 2.24) is 4.98 Å². The van der Waals surface area contributed by atoms with Crippen molar-refractivity contribution < 1.29 is 23.8 Å². The van der Waals surface area contributed by atoms with Crippen molar-refractivity contribution in [2.45, 2.75) is 12.6 Å². The summed E-state index contributed by atoms with van der Waals surface area (Å²) < 4.78 is 11.6. The van der Waals surface area contributed by atoms with E-state index >= 15 is 0 Å². The number of ketones is 1. The van der Waals surface area contributed by atoms with Crippen LogP contribution in [0.5, 0.6) is 5.75 Å². The molecule has 1 amide bonds. The van der Waals surface area contributed by atoms with Gasteiger partial charge in [0, 0.05) is 17.3 Å². The highest BCUT2D eigenvalue weighted by Gasteiger charge is 2.46. The highest BCUT2D eigenvalue weighted by Crippen LogP contribution is 2.42. The van der Waals surface area contributed by atoms with Crippen molar-refractivity contribution >= 4 is 28.3 Å². The second-order valence-electron chi connectivity index (χ2n) is 8.84. The van der Waals surface area contributed by atoms with Crippen LogP contribution in [-0.4, -0.2) is 21.8 Å². The van der Waals surface area contributed by atoms with Crippen molar-refractivity contribution in [3.8, 4) is 5.75 Å². The number of pyridine rings is 1. The molecule has 2 aromatic heterocycles. The smallest absolute Gasteiger partial charge is 0.294 e. The fourth-order valence-electron chi connectivity index (χ4n) is 4.59. The summed E-state index contributed by atoms with van der Waals surface area (Å²) in [6.45, 7) is 0.401. The van der Waals surface area contributed by atoms with Crippen molar-refractivity contribution in [3.63, 3.8) is 0 Å². The zero-order valence-corrected chi connectivity index (χ0v) is 20.2. The molecule has 7 heteroatoms. The van der Waals surface area contributed by atoms with Crippen molar-refractivity contribution in [2.24, 2.45) is 0 Å². The van der Waals surface area contributed by atoms with Gasteiger partial charge in [0.05, 0.1) is 11.3 Å². The Labute approximate surface area is 218 Å². The fourth-order valence-corrected chi connectivity index (χ4v) is 4.59. The minimum Gasteiger partial charge on any atom is -0.503 e. The minimum atomic E-state index is -0.944. The Morgan fingerprint density at radius 3 is 2.39 bits per heavy atom. The van der Waals surface area contributed by atoms with Crippen LogP contribution in [0.1, 0.15) is 27.9 Å². The maximum atomic E-state index is 13.7. The third-order valence-corrected chi connectivity index (χ3v) is 6.43. The summed E-state index contributed by atoms with van der Waals surface area (Å²) in [4.78, 5) is 32.8. The number of aromatic nitrogens is 1. The van der Waals surface area contributed by atoms with Crippen molar-refractivity contribution in [1.29, 1.82) is 0 Å². The Morgan fingerprint density at radius 1 is 0.921 bits per heavy atom. The molecule has 186 valence electrons. The minimum absolute atomic E-state index is 0.0352. The van der Waals surface area contributed by atoms with Crippen LogP contribution in [0.15, 0.2) is 125 Å². The first-order valence-corrected chi connectivity index (χ1v) is 12.1. The van der Waals surface area contributed by atoms with E-state index in [1.165, 1.54) is 4.90 Å². The number of amides is 1. The van der Waals surface area contributed by atoms with E-state index in [4.69, 9.17) is 9.15 Å². The van der Waals surface area contributed by atoms with E-state index in [1.807, 2.05) is 48.5 Å². The number of hydrogen-bond donors (Lipinski definition) is 1. The van der Waals surface area contributed by atoms with Crippen LogP contribution in [-0.2, 0) is 11.4 Å². The number of aliphatic hydroxyl groups is 1. The second kappa shape index (κ2) is 9.71. The average Bonchev–Trinajstić information content (AvgIpc) is 3.52. The molecule has 0 fully saturated rings. The summed E-state index contributed by atoms with van der Waals surface area (Å²) in [6, 6.07) is 29.8. The van der Waals surface area contributed by atoms with Crippen LogP contribution in [0.2, 0.25) is 0 Å². The molecule has 0 saturated heterocycles. The van der Waals surface area contributed by atoms with E-state index in [2.05, 4.69) is 4.98 Å². The molecule has 5 aromatic rings. The molecule has 6 rings (SSSR count). The monoisotopic (exact) mass is 502 g/mol. The third kappa shape index (κ3) is 4.20. The van der Waals surface area contributed by atoms with Gasteiger partial charge in [-0.05, 0) is 54.1 Å². The Balaban J connectivity index is 1.34. The van der Waals surface area contributed by atoms with E-state index < -0.39 is 23.5 Å². The van der Waals surface area contributed by atoms with E-state index in [9.17, 15) is 14.7 Å². The van der Waals surface area contributed by atoms with Crippen LogP contribution in [0.3, 0.4) is 0 Å². The van der Waals surface area contributed by atoms with Gasteiger partial charge in [-0.25, -0.2) is 0 Å². The van der Waals surface area contributed by atoms with E-state index in [-0.39, 0.29) is 11.3 Å². The van der Waals surface area contributed by atoms with E-state index in [0.29, 0.717) is 29.3 Å². The van der Waals surface area contributed by atoms with Crippen LogP contribution in [0.25, 0.3) is 11.0 Å². The van der Waals surface area contributed by atoms with Gasteiger partial charge in [-0.2, -0.15) is 0 Å². The van der Waals surface area contributed by atoms with Crippen molar-refractivity contribution in [3.05, 3.63) is 138 Å². The maximum Gasteiger partial charge on any atom is 0.294 e. The molecule has 1 unspecified atom stereocenters. The van der Waals surface area contributed by atoms with Gasteiger partial charge >= 0.3 is 0 Å². The molecular formula is C31H22N2O5. The number of hydrogen-bond acceptors (Lipinski definition) is 6. The summed E-state index contributed by atoms with van der Waals surface area (Å²) in [5, 5.41) is 11.7. The predicted molar refractivity (Wildman–Crippen MR) is 142 cm³/mol. The first-order valence-electron chi connectivity index (χ1n) is 12.1. The van der Waals surface area contributed by atoms with Crippen LogP contribution >= 0.6 is 0 Å². The van der Waals surface area contributed by atoms with E-state index in [1.54, 1.807) is 60.8 Å². The maximum absolute atomic E-state index is 13.7. The summed E-state index contributed by atoms with van der Waals surface area (Å²) in [6.07, 6.45) is 1.58. The molecule has 0 aliphatic carbocycles. The SMILES string of the molecule is O=C(C1=C(O)C(=O)N(c2ccc(OCc3ccccc3)cc2)C1c1ccccn1)c1cc2ccccc2o1. The second-order valence-corrected chi connectivity index (χ2v) is 8.84. The number of carbonyl (C=O) groups is 2. The number of nitrogens with zero attached hydrogens (tertiary/aromatic N) is 2. The molecule has 3 aromatic carbocycles. The Kier molecular flexibility index (Phi) is 5.94. The van der Waals surface area contributed by atoms with Crippen LogP contribution in [0, 0.1) is 0 Å². The highest BCUT2D eigenvalue weighted by molar-refractivity contribution is 6.20. The zero-order chi connectivity index (χ0) is 26.1. The third-order valence-electron chi connectivity index (χ3n) is 6.43. The molecule has 1 N–H and O–H groups in total. The molecule has 0 saturated carbocycles.